The highest BCUT2D eigenvalue weighted by Crippen LogP contribution is 2.36. The number of hydrogen-bond acceptors (Lipinski definition) is 6. The average Bonchev–Trinajstić information content (AvgIpc) is 2.80. The van der Waals surface area contributed by atoms with E-state index < -0.39 is 0 Å². The maximum atomic E-state index is 12.7. The molecule has 0 radical (unpaired) electrons. The van der Waals surface area contributed by atoms with Crippen LogP contribution in [0.1, 0.15) is 34.0 Å². The van der Waals surface area contributed by atoms with Crippen molar-refractivity contribution in [3.63, 3.8) is 0 Å². The van der Waals surface area contributed by atoms with Gasteiger partial charge < -0.3 is 14.9 Å². The molecule has 0 amide bonds. The molecule has 30 heavy (non-hydrogen) atoms. The second kappa shape index (κ2) is 7.78. The van der Waals surface area contributed by atoms with Gasteiger partial charge in [0.05, 0.1) is 11.3 Å². The monoisotopic (exact) mass is 400 g/mol. The zero-order valence-electron chi connectivity index (χ0n) is 16.7. The average molecular weight is 400 g/mol. The number of nitrogens with zero attached hydrogens (tertiary/aromatic N) is 4. The molecule has 1 aromatic heterocycles. The molecule has 1 aliphatic heterocycles. The molecule has 1 atom stereocenters. The van der Waals surface area contributed by atoms with Crippen LogP contribution in [0.3, 0.4) is 0 Å². The van der Waals surface area contributed by atoms with Crippen LogP contribution in [0.25, 0.3) is 0 Å². The number of carbonyl (C=O) groups excluding carboxylic acids is 1. The third-order valence-corrected chi connectivity index (χ3v) is 6.09. The number of para-hydroxylation sites is 2. The lowest BCUT2D eigenvalue weighted by molar-refractivity contribution is 0.0962. The number of piperazine rings is 1. The van der Waals surface area contributed by atoms with Crippen LogP contribution in [0.5, 0.6) is 5.75 Å². The molecule has 6 heteroatoms. The van der Waals surface area contributed by atoms with E-state index in [9.17, 15) is 9.90 Å². The zero-order valence-corrected chi connectivity index (χ0v) is 16.7. The van der Waals surface area contributed by atoms with Crippen LogP contribution in [0.2, 0.25) is 0 Å². The van der Waals surface area contributed by atoms with Crippen molar-refractivity contribution in [2.45, 2.75) is 18.8 Å². The SMILES string of the molecule is O=C1CC(c2ccccc2O)Cc2nc(N3CCN(c4ccccc4)CC3)ncc21. The van der Waals surface area contributed by atoms with Gasteiger partial charge in [0.2, 0.25) is 5.95 Å². The van der Waals surface area contributed by atoms with Crippen molar-refractivity contribution in [3.8, 4) is 5.75 Å². The van der Waals surface area contributed by atoms with Gasteiger partial charge in [-0.25, -0.2) is 9.97 Å². The fourth-order valence-corrected chi connectivity index (χ4v) is 4.44. The minimum Gasteiger partial charge on any atom is -0.508 e. The highest BCUT2D eigenvalue weighted by molar-refractivity contribution is 5.98. The predicted octanol–water partition coefficient (Wildman–Crippen LogP) is 3.42. The zero-order chi connectivity index (χ0) is 20.5. The number of phenols is 1. The number of carbonyl (C=O) groups is 1. The Kier molecular flexibility index (Phi) is 4.83. The van der Waals surface area contributed by atoms with Crippen molar-refractivity contribution in [2.24, 2.45) is 0 Å². The molecule has 5 rings (SSSR count). The number of fused-ring (bicyclic) bond motifs is 1. The standard InChI is InChI=1S/C24H24N4O2/c29-22-9-5-4-8-19(22)17-14-21-20(23(30)15-17)16-25-24(26-21)28-12-10-27(11-13-28)18-6-2-1-3-7-18/h1-9,16-17,29H,10-15H2. The highest BCUT2D eigenvalue weighted by atomic mass is 16.3. The molecule has 1 saturated heterocycles. The first-order valence-corrected chi connectivity index (χ1v) is 10.4. The lowest BCUT2D eigenvalue weighted by atomic mass is 9.82. The Labute approximate surface area is 175 Å². The molecule has 0 saturated carbocycles. The summed E-state index contributed by atoms with van der Waals surface area (Å²) >= 11 is 0. The highest BCUT2D eigenvalue weighted by Gasteiger charge is 2.30. The topological polar surface area (TPSA) is 69.6 Å². The molecular weight excluding hydrogens is 376 g/mol. The molecule has 1 fully saturated rings. The molecule has 2 aliphatic rings. The van der Waals surface area contributed by atoms with E-state index >= 15 is 0 Å². The second-order valence-corrected chi connectivity index (χ2v) is 7.93. The van der Waals surface area contributed by atoms with Crippen molar-refractivity contribution in [3.05, 3.63) is 77.6 Å². The smallest absolute Gasteiger partial charge is 0.225 e. The van der Waals surface area contributed by atoms with E-state index in [2.05, 4.69) is 39.0 Å². The summed E-state index contributed by atoms with van der Waals surface area (Å²) in [6, 6.07) is 17.7. The van der Waals surface area contributed by atoms with Crippen LogP contribution in [0, 0.1) is 0 Å². The Morgan fingerprint density at radius 3 is 2.33 bits per heavy atom. The lowest BCUT2D eigenvalue weighted by Gasteiger charge is -2.36. The van der Waals surface area contributed by atoms with Crippen LogP contribution >= 0.6 is 0 Å². The predicted molar refractivity (Wildman–Crippen MR) is 116 cm³/mol. The molecule has 1 aliphatic carbocycles. The molecule has 6 nitrogen and oxygen atoms in total. The summed E-state index contributed by atoms with van der Waals surface area (Å²) in [6.45, 7) is 3.49. The van der Waals surface area contributed by atoms with Gasteiger partial charge in [-0.15, -0.1) is 0 Å². The van der Waals surface area contributed by atoms with Crippen LogP contribution in [-0.4, -0.2) is 47.0 Å². The summed E-state index contributed by atoms with van der Waals surface area (Å²) in [5.41, 5.74) is 3.45. The molecule has 1 N–H and O–H groups in total. The van der Waals surface area contributed by atoms with Crippen LogP contribution < -0.4 is 9.80 Å². The summed E-state index contributed by atoms with van der Waals surface area (Å²) in [5.74, 6) is 0.922. The number of aromatic nitrogens is 2. The first-order valence-electron chi connectivity index (χ1n) is 10.4. The number of aromatic hydroxyl groups is 1. The minimum absolute atomic E-state index is 0.0462. The fraction of sp³-hybridized carbons (Fsp3) is 0.292. The Morgan fingerprint density at radius 1 is 0.867 bits per heavy atom. The van der Waals surface area contributed by atoms with Gasteiger partial charge in [0.1, 0.15) is 5.75 Å². The van der Waals surface area contributed by atoms with Crippen molar-refractivity contribution >= 4 is 17.4 Å². The van der Waals surface area contributed by atoms with E-state index in [0.29, 0.717) is 24.4 Å². The molecular formula is C24H24N4O2. The molecule has 2 heterocycles. The van der Waals surface area contributed by atoms with Crippen molar-refractivity contribution in [2.75, 3.05) is 36.0 Å². The Hall–Kier alpha value is -3.41. The molecule has 3 aromatic rings. The first kappa shape index (κ1) is 18.6. The third-order valence-electron chi connectivity index (χ3n) is 6.09. The number of Topliss-reactive ketones (excluding diaryl/α,β-unsaturated/α-hetero) is 1. The summed E-state index contributed by atoms with van der Waals surface area (Å²) in [7, 11) is 0. The molecule has 1 unspecified atom stereocenters. The number of anilines is 2. The Morgan fingerprint density at radius 2 is 1.57 bits per heavy atom. The number of ketones is 1. The van der Waals surface area contributed by atoms with Crippen molar-refractivity contribution in [1.29, 1.82) is 0 Å². The molecule has 0 bridgehead atoms. The van der Waals surface area contributed by atoms with Gasteiger partial charge in [-0.3, -0.25) is 4.79 Å². The first-order chi connectivity index (χ1) is 14.7. The summed E-state index contributed by atoms with van der Waals surface area (Å²) in [6.07, 6.45) is 2.70. The second-order valence-electron chi connectivity index (χ2n) is 7.93. The van der Waals surface area contributed by atoms with Gasteiger partial charge in [0, 0.05) is 50.4 Å². The Bertz CT molecular complexity index is 1060. The van der Waals surface area contributed by atoms with E-state index in [4.69, 9.17) is 4.98 Å². The van der Waals surface area contributed by atoms with Gasteiger partial charge in [-0.2, -0.15) is 0 Å². The van der Waals surface area contributed by atoms with Crippen molar-refractivity contribution < 1.29 is 9.90 Å². The summed E-state index contributed by atoms with van der Waals surface area (Å²) in [5, 5.41) is 10.2. The maximum Gasteiger partial charge on any atom is 0.225 e. The third kappa shape index (κ3) is 3.49. The summed E-state index contributed by atoms with van der Waals surface area (Å²) < 4.78 is 0. The quantitative estimate of drug-likeness (QED) is 0.727. The van der Waals surface area contributed by atoms with E-state index in [1.807, 2.05) is 18.2 Å². The number of rotatable bonds is 3. The normalized spacial score (nSPS) is 18.9. The van der Waals surface area contributed by atoms with Gasteiger partial charge in [-0.05, 0) is 30.2 Å². The summed E-state index contributed by atoms with van der Waals surface area (Å²) in [4.78, 5) is 26.5. The number of phenolic OH excluding ortho intramolecular Hbond substituents is 1. The number of hydrogen-bond donors (Lipinski definition) is 1. The van der Waals surface area contributed by atoms with Gasteiger partial charge in [0.15, 0.2) is 5.78 Å². The molecule has 152 valence electrons. The minimum atomic E-state index is -0.0520. The van der Waals surface area contributed by atoms with Crippen LogP contribution in [0.4, 0.5) is 11.6 Å². The van der Waals surface area contributed by atoms with E-state index in [-0.39, 0.29) is 17.5 Å². The van der Waals surface area contributed by atoms with E-state index in [1.54, 1.807) is 18.3 Å². The lowest BCUT2D eigenvalue weighted by Crippen LogP contribution is -2.47. The maximum absolute atomic E-state index is 12.7. The number of benzene rings is 2. The van der Waals surface area contributed by atoms with E-state index in [0.717, 1.165) is 37.4 Å². The van der Waals surface area contributed by atoms with Gasteiger partial charge >= 0.3 is 0 Å². The van der Waals surface area contributed by atoms with Gasteiger partial charge in [-0.1, -0.05) is 36.4 Å². The van der Waals surface area contributed by atoms with Gasteiger partial charge in [0.25, 0.3) is 0 Å². The fourth-order valence-electron chi connectivity index (χ4n) is 4.44. The van der Waals surface area contributed by atoms with E-state index in [1.165, 1.54) is 5.69 Å². The van der Waals surface area contributed by atoms with Crippen LogP contribution in [0.15, 0.2) is 60.8 Å². The molecule has 2 aromatic carbocycles. The van der Waals surface area contributed by atoms with Crippen LogP contribution in [-0.2, 0) is 6.42 Å². The largest absolute Gasteiger partial charge is 0.508 e. The Balaban J connectivity index is 1.34. The molecule has 0 spiro atoms. The van der Waals surface area contributed by atoms with Crippen molar-refractivity contribution in [1.82, 2.24) is 9.97 Å².